The topological polar surface area (TPSA) is 55.4 Å². The van der Waals surface area contributed by atoms with Gasteiger partial charge in [-0.1, -0.05) is 43.9 Å². The van der Waals surface area contributed by atoms with Crippen molar-refractivity contribution in [2.75, 3.05) is 13.2 Å². The van der Waals surface area contributed by atoms with Gasteiger partial charge in [-0.25, -0.2) is 0 Å². The number of allylic oxidation sites excluding steroid dienone is 2. The predicted molar refractivity (Wildman–Crippen MR) is 121 cm³/mol. The van der Waals surface area contributed by atoms with Crippen LogP contribution < -0.4 is 5.32 Å². The molecule has 158 valence electrons. The summed E-state index contributed by atoms with van der Waals surface area (Å²) in [4.78, 5) is 25.5. The molecule has 0 radical (unpaired) electrons. The molecule has 1 N–H and O–H groups in total. The van der Waals surface area contributed by atoms with Crippen molar-refractivity contribution in [3.63, 3.8) is 0 Å². The molecule has 0 saturated heterocycles. The number of ketones is 1. The number of nitrogens with one attached hydrogen (secondary N) is 1. The Labute approximate surface area is 176 Å². The van der Waals surface area contributed by atoms with Gasteiger partial charge in [-0.3, -0.25) is 9.59 Å². The summed E-state index contributed by atoms with van der Waals surface area (Å²) in [6, 6.07) is 7.08. The molecule has 0 bridgehead atoms. The van der Waals surface area contributed by atoms with E-state index in [1.54, 1.807) is 24.3 Å². The van der Waals surface area contributed by atoms with Crippen LogP contribution in [0, 0.1) is 11.3 Å². The maximum Gasteiger partial charge on any atom is 0.251 e. The van der Waals surface area contributed by atoms with Crippen LogP contribution in [-0.2, 0) is 4.74 Å². The molecule has 0 fully saturated rings. The van der Waals surface area contributed by atoms with Crippen LogP contribution in [0.2, 0.25) is 6.32 Å². The van der Waals surface area contributed by atoms with Crippen LogP contribution in [0.3, 0.4) is 0 Å². The number of Topliss-reactive ketones (excluding diaryl/α,β-unsaturated/α-hetero) is 1. The zero-order chi connectivity index (χ0) is 21.7. The molecular formula is C24H36BNO3. The SMILES string of the molecule is BCC1=CCC(C(=O)c2ccc(C(=O)NCCC(C)(C)OCC)cc2)C(C)(C)C1. The molecule has 1 atom stereocenters. The van der Waals surface area contributed by atoms with Gasteiger partial charge in [0, 0.05) is 30.2 Å². The highest BCUT2D eigenvalue weighted by Crippen LogP contribution is 2.42. The van der Waals surface area contributed by atoms with Gasteiger partial charge in [-0.2, -0.15) is 0 Å². The van der Waals surface area contributed by atoms with Gasteiger partial charge in [-0.15, -0.1) is 0 Å². The molecule has 1 aromatic carbocycles. The normalized spacial score (nSPS) is 18.8. The van der Waals surface area contributed by atoms with Crippen LogP contribution in [0.1, 0.15) is 74.6 Å². The molecule has 1 amide bonds. The van der Waals surface area contributed by atoms with E-state index >= 15 is 0 Å². The van der Waals surface area contributed by atoms with Crippen LogP contribution >= 0.6 is 0 Å². The first-order chi connectivity index (χ1) is 13.6. The fourth-order valence-electron chi connectivity index (χ4n) is 4.14. The highest BCUT2D eigenvalue weighted by atomic mass is 16.5. The smallest absolute Gasteiger partial charge is 0.251 e. The van der Waals surface area contributed by atoms with E-state index in [0.717, 1.165) is 25.6 Å². The molecule has 0 heterocycles. The molecule has 4 nitrogen and oxygen atoms in total. The number of ether oxygens (including phenoxy) is 1. The van der Waals surface area contributed by atoms with Gasteiger partial charge in [0.2, 0.25) is 0 Å². The highest BCUT2D eigenvalue weighted by Gasteiger charge is 2.37. The zero-order valence-corrected chi connectivity index (χ0v) is 18.9. The maximum atomic E-state index is 13.1. The van der Waals surface area contributed by atoms with Gasteiger partial charge >= 0.3 is 0 Å². The fourth-order valence-corrected chi connectivity index (χ4v) is 4.14. The molecule has 2 rings (SSSR count). The lowest BCUT2D eigenvalue weighted by Crippen LogP contribution is -2.34. The Kier molecular flexibility index (Phi) is 7.87. The summed E-state index contributed by atoms with van der Waals surface area (Å²) < 4.78 is 5.65. The third-order valence-corrected chi connectivity index (χ3v) is 6.02. The van der Waals surface area contributed by atoms with Crippen molar-refractivity contribution in [1.82, 2.24) is 5.32 Å². The van der Waals surface area contributed by atoms with Gasteiger partial charge in [0.1, 0.15) is 7.85 Å². The lowest BCUT2D eigenvalue weighted by atomic mass is 9.65. The average Bonchev–Trinajstić information content (AvgIpc) is 2.66. The molecule has 29 heavy (non-hydrogen) atoms. The Morgan fingerprint density at radius 3 is 2.38 bits per heavy atom. The van der Waals surface area contributed by atoms with Crippen LogP contribution in [0.4, 0.5) is 0 Å². The summed E-state index contributed by atoms with van der Waals surface area (Å²) in [6.07, 6.45) is 5.80. The second-order valence-electron chi connectivity index (χ2n) is 9.31. The highest BCUT2D eigenvalue weighted by molar-refractivity contribution is 6.10. The van der Waals surface area contributed by atoms with Gasteiger partial charge in [0.25, 0.3) is 5.91 Å². The van der Waals surface area contributed by atoms with Crippen LogP contribution in [0.25, 0.3) is 0 Å². The third-order valence-electron chi connectivity index (χ3n) is 6.02. The summed E-state index contributed by atoms with van der Waals surface area (Å²) in [5.74, 6) is 0.0370. The second-order valence-corrected chi connectivity index (χ2v) is 9.31. The van der Waals surface area contributed by atoms with Crippen LogP contribution in [0.5, 0.6) is 0 Å². The molecule has 1 aliphatic carbocycles. The van der Waals surface area contributed by atoms with E-state index in [-0.39, 0.29) is 28.6 Å². The van der Waals surface area contributed by atoms with Gasteiger partial charge < -0.3 is 10.1 Å². The molecular weight excluding hydrogens is 361 g/mol. The summed E-state index contributed by atoms with van der Waals surface area (Å²) in [5, 5.41) is 2.94. The van der Waals surface area contributed by atoms with E-state index in [2.05, 4.69) is 33.1 Å². The standard InChI is InChI=1S/C24H36BNO3/c1-6-29-24(4,5)13-14-26-22(28)19-10-8-18(9-11-19)21(27)20-12-7-17(16-25)15-23(20,2)3/h7-11,20H,6,12-16,25H2,1-5H3,(H,26,28). The Balaban J connectivity index is 1.98. The molecule has 0 aromatic heterocycles. The first-order valence-electron chi connectivity index (χ1n) is 10.8. The molecule has 5 heteroatoms. The molecule has 1 aromatic rings. The lowest BCUT2D eigenvalue weighted by molar-refractivity contribution is -0.0153. The second kappa shape index (κ2) is 9.75. The van der Waals surface area contributed by atoms with E-state index in [4.69, 9.17) is 4.74 Å². The maximum absolute atomic E-state index is 13.1. The number of rotatable bonds is 9. The summed E-state index contributed by atoms with van der Waals surface area (Å²) >= 11 is 0. The number of hydrogen-bond acceptors (Lipinski definition) is 3. The summed E-state index contributed by atoms with van der Waals surface area (Å²) in [6.45, 7) is 11.6. The van der Waals surface area contributed by atoms with Gasteiger partial charge in [0.15, 0.2) is 5.78 Å². The van der Waals surface area contributed by atoms with E-state index in [9.17, 15) is 9.59 Å². The minimum atomic E-state index is -0.253. The minimum absolute atomic E-state index is 0.0155. The van der Waals surface area contributed by atoms with Crippen molar-refractivity contribution >= 4 is 19.5 Å². The zero-order valence-electron chi connectivity index (χ0n) is 18.9. The van der Waals surface area contributed by atoms with Crippen molar-refractivity contribution in [1.29, 1.82) is 0 Å². The quantitative estimate of drug-likeness (QED) is 0.386. The number of hydrogen-bond donors (Lipinski definition) is 1. The molecule has 0 spiro atoms. The molecule has 1 unspecified atom stereocenters. The van der Waals surface area contributed by atoms with Gasteiger partial charge in [-0.05, 0) is 57.6 Å². The van der Waals surface area contributed by atoms with Crippen LogP contribution in [0.15, 0.2) is 35.9 Å². The molecule has 0 aliphatic heterocycles. The number of carbonyl (C=O) groups is 2. The number of carbonyl (C=O) groups excluding carboxylic acids is 2. The van der Waals surface area contributed by atoms with E-state index < -0.39 is 0 Å². The molecule has 1 aliphatic rings. The van der Waals surface area contributed by atoms with Gasteiger partial charge in [0.05, 0.1) is 5.60 Å². The first kappa shape index (κ1) is 23.4. The van der Waals surface area contributed by atoms with Crippen molar-refractivity contribution in [2.24, 2.45) is 11.3 Å². The number of amides is 1. The monoisotopic (exact) mass is 397 g/mol. The average molecular weight is 397 g/mol. The lowest BCUT2D eigenvalue weighted by Gasteiger charge is -2.37. The fraction of sp³-hybridized carbons (Fsp3) is 0.583. The predicted octanol–water partition coefficient (Wildman–Crippen LogP) is 4.22. The Morgan fingerprint density at radius 2 is 1.83 bits per heavy atom. The van der Waals surface area contributed by atoms with Crippen LogP contribution in [-0.4, -0.2) is 38.3 Å². The van der Waals surface area contributed by atoms with Crippen molar-refractivity contribution in [2.45, 2.75) is 65.8 Å². The first-order valence-corrected chi connectivity index (χ1v) is 10.8. The van der Waals surface area contributed by atoms with Crippen molar-refractivity contribution in [3.8, 4) is 0 Å². The molecule has 0 saturated carbocycles. The Hall–Kier alpha value is -1.88. The summed E-state index contributed by atoms with van der Waals surface area (Å²) in [5.41, 5.74) is 2.41. The largest absolute Gasteiger partial charge is 0.376 e. The summed E-state index contributed by atoms with van der Waals surface area (Å²) in [7, 11) is 2.17. The van der Waals surface area contributed by atoms with Crippen molar-refractivity contribution in [3.05, 3.63) is 47.0 Å². The Morgan fingerprint density at radius 1 is 1.21 bits per heavy atom. The van der Waals surface area contributed by atoms with E-state index in [0.29, 0.717) is 24.3 Å². The minimum Gasteiger partial charge on any atom is -0.376 e. The van der Waals surface area contributed by atoms with E-state index in [1.165, 1.54) is 5.57 Å². The van der Waals surface area contributed by atoms with E-state index in [1.807, 2.05) is 20.8 Å². The third kappa shape index (κ3) is 6.30. The Bertz CT molecular complexity index is 750. The number of benzene rings is 1. The van der Waals surface area contributed by atoms with Crippen molar-refractivity contribution < 1.29 is 14.3 Å².